The van der Waals surface area contributed by atoms with Crippen molar-refractivity contribution in [1.82, 2.24) is 10.3 Å². The molecule has 5 aromatic rings. The van der Waals surface area contributed by atoms with Crippen LogP contribution in [0.3, 0.4) is 0 Å². The molecule has 0 fully saturated rings. The maximum absolute atomic E-state index is 13.0. The van der Waals surface area contributed by atoms with E-state index in [1.165, 1.54) is 23.9 Å². The van der Waals surface area contributed by atoms with Crippen LogP contribution in [0, 0.1) is 0 Å². The van der Waals surface area contributed by atoms with E-state index >= 15 is 0 Å². The van der Waals surface area contributed by atoms with Crippen LogP contribution in [0.15, 0.2) is 103 Å². The summed E-state index contributed by atoms with van der Waals surface area (Å²) < 4.78 is 49.9. The highest BCUT2D eigenvalue weighted by molar-refractivity contribution is 5.98. The van der Waals surface area contributed by atoms with Crippen molar-refractivity contribution in [3.8, 4) is 23.0 Å². The van der Waals surface area contributed by atoms with E-state index in [4.69, 9.17) is 9.47 Å². The number of hydrogen-bond donors (Lipinski definition) is 2. The van der Waals surface area contributed by atoms with Crippen molar-refractivity contribution in [1.29, 1.82) is 0 Å². The molecule has 236 valence electrons. The lowest BCUT2D eigenvalue weighted by Crippen LogP contribution is -2.42. The number of nitrogens with one attached hydrogen (secondary N) is 1. The maximum atomic E-state index is 13.0. The molecule has 1 amide bonds. The SMILES string of the molecule is CC(C)(C)c1ccc(Oc2ccc3cc(C(=O)N[C@@H](Cc4ccc(Oc5ccc(C(F)(F)F)cc5)cc4)C(=O)O)ncc3c2)cc1. The number of carbonyl (C=O) groups is 2. The number of amides is 1. The zero-order chi connectivity index (χ0) is 33.1. The van der Waals surface area contributed by atoms with E-state index < -0.39 is 29.7 Å². The zero-order valence-corrected chi connectivity index (χ0v) is 25.3. The predicted octanol–water partition coefficient (Wildman–Crippen LogP) is 8.56. The summed E-state index contributed by atoms with van der Waals surface area (Å²) in [5.41, 5.74) is 1.10. The van der Waals surface area contributed by atoms with Crippen molar-refractivity contribution in [3.63, 3.8) is 0 Å². The van der Waals surface area contributed by atoms with Crippen molar-refractivity contribution in [2.75, 3.05) is 0 Å². The van der Waals surface area contributed by atoms with Crippen LogP contribution in [0.5, 0.6) is 23.0 Å². The second-order valence-corrected chi connectivity index (χ2v) is 11.8. The second-order valence-electron chi connectivity index (χ2n) is 11.8. The van der Waals surface area contributed by atoms with Crippen molar-refractivity contribution < 1.29 is 37.3 Å². The van der Waals surface area contributed by atoms with Crippen LogP contribution in [-0.2, 0) is 22.8 Å². The highest BCUT2D eigenvalue weighted by Gasteiger charge is 2.30. The largest absolute Gasteiger partial charge is 0.480 e. The van der Waals surface area contributed by atoms with E-state index in [2.05, 4.69) is 31.1 Å². The molecule has 0 saturated heterocycles. The number of pyridine rings is 1. The number of nitrogens with zero attached hydrogens (tertiary/aromatic N) is 1. The summed E-state index contributed by atoms with van der Waals surface area (Å²) in [4.78, 5) is 29.2. The van der Waals surface area contributed by atoms with Gasteiger partial charge in [-0.2, -0.15) is 13.2 Å². The highest BCUT2D eigenvalue weighted by atomic mass is 19.4. The number of carboxylic acids is 1. The van der Waals surface area contributed by atoms with E-state index in [0.717, 1.165) is 22.9 Å². The fourth-order valence-electron chi connectivity index (χ4n) is 4.68. The van der Waals surface area contributed by atoms with Crippen LogP contribution in [0.2, 0.25) is 0 Å². The third kappa shape index (κ3) is 8.01. The number of aromatic nitrogens is 1. The molecule has 2 N–H and O–H groups in total. The summed E-state index contributed by atoms with van der Waals surface area (Å²) in [5, 5.41) is 13.8. The minimum atomic E-state index is -4.44. The Kier molecular flexibility index (Phi) is 9.00. The lowest BCUT2D eigenvalue weighted by atomic mass is 9.87. The van der Waals surface area contributed by atoms with Gasteiger partial charge in [-0.05, 0) is 88.7 Å². The molecule has 1 atom stereocenters. The van der Waals surface area contributed by atoms with Crippen molar-refractivity contribution in [2.24, 2.45) is 0 Å². The van der Waals surface area contributed by atoms with Gasteiger partial charge in [-0.15, -0.1) is 0 Å². The first kappa shape index (κ1) is 32.0. The van der Waals surface area contributed by atoms with Crippen LogP contribution in [0.1, 0.15) is 48.0 Å². The molecule has 7 nitrogen and oxygen atoms in total. The Morgan fingerprint density at radius 2 is 1.26 bits per heavy atom. The van der Waals surface area contributed by atoms with Gasteiger partial charge in [0.15, 0.2) is 0 Å². The minimum Gasteiger partial charge on any atom is -0.480 e. The third-order valence-electron chi connectivity index (χ3n) is 7.27. The molecule has 1 aromatic heterocycles. The van der Waals surface area contributed by atoms with Gasteiger partial charge in [0.1, 0.15) is 34.7 Å². The Hall–Kier alpha value is -5.38. The van der Waals surface area contributed by atoms with Crippen LogP contribution in [0.25, 0.3) is 10.8 Å². The summed E-state index contributed by atoms with van der Waals surface area (Å²) in [6.45, 7) is 6.43. The molecular weight excluding hydrogens is 597 g/mol. The van der Waals surface area contributed by atoms with Gasteiger partial charge < -0.3 is 19.9 Å². The van der Waals surface area contributed by atoms with Crippen LogP contribution in [-0.4, -0.2) is 28.0 Å². The van der Waals surface area contributed by atoms with E-state index in [-0.39, 0.29) is 23.3 Å². The van der Waals surface area contributed by atoms with Gasteiger partial charge in [0.05, 0.1) is 5.56 Å². The number of carboxylic acid groups (broad SMARTS) is 1. The van der Waals surface area contributed by atoms with E-state index in [1.54, 1.807) is 42.5 Å². The monoisotopic (exact) mass is 628 g/mol. The molecule has 0 aliphatic carbocycles. The van der Waals surface area contributed by atoms with Crippen LogP contribution < -0.4 is 14.8 Å². The molecule has 0 bridgehead atoms. The topological polar surface area (TPSA) is 97.8 Å². The summed E-state index contributed by atoms with van der Waals surface area (Å²) in [7, 11) is 0. The predicted molar refractivity (Wildman–Crippen MR) is 168 cm³/mol. The molecule has 0 saturated carbocycles. The van der Waals surface area contributed by atoms with Gasteiger partial charge in [-0.1, -0.05) is 51.1 Å². The number of rotatable bonds is 9. The van der Waals surface area contributed by atoms with Gasteiger partial charge >= 0.3 is 12.1 Å². The maximum Gasteiger partial charge on any atom is 0.416 e. The first-order valence-corrected chi connectivity index (χ1v) is 14.4. The van der Waals surface area contributed by atoms with Crippen molar-refractivity contribution in [2.45, 2.75) is 44.8 Å². The van der Waals surface area contributed by atoms with Crippen molar-refractivity contribution >= 4 is 22.6 Å². The lowest BCUT2D eigenvalue weighted by Gasteiger charge is -2.19. The molecule has 0 aliphatic rings. The van der Waals surface area contributed by atoms with E-state index in [0.29, 0.717) is 22.8 Å². The second kappa shape index (κ2) is 12.9. The average molecular weight is 629 g/mol. The summed E-state index contributed by atoms with van der Waals surface area (Å²) >= 11 is 0. The molecule has 10 heteroatoms. The first-order chi connectivity index (χ1) is 21.7. The third-order valence-corrected chi connectivity index (χ3v) is 7.27. The molecule has 0 aliphatic heterocycles. The molecule has 0 spiro atoms. The minimum absolute atomic E-state index is 0.0212. The summed E-state index contributed by atoms with van der Waals surface area (Å²) in [6.07, 6.45) is -2.93. The molecular formula is C36H31F3N2O5. The number of benzene rings is 4. The van der Waals surface area contributed by atoms with Crippen LogP contribution >= 0.6 is 0 Å². The molecule has 1 heterocycles. The van der Waals surface area contributed by atoms with Gasteiger partial charge in [0.25, 0.3) is 5.91 Å². The van der Waals surface area contributed by atoms with E-state index in [1.807, 2.05) is 30.3 Å². The van der Waals surface area contributed by atoms with Gasteiger partial charge in [0, 0.05) is 18.0 Å². The average Bonchev–Trinajstić information content (AvgIpc) is 3.01. The Balaban J connectivity index is 1.21. The van der Waals surface area contributed by atoms with Crippen LogP contribution in [0.4, 0.5) is 13.2 Å². The van der Waals surface area contributed by atoms with Gasteiger partial charge in [0.2, 0.25) is 0 Å². The number of aliphatic carboxylic acids is 1. The fraction of sp³-hybridized carbons (Fsp3) is 0.194. The smallest absolute Gasteiger partial charge is 0.416 e. The molecule has 0 unspecified atom stereocenters. The number of hydrogen-bond acceptors (Lipinski definition) is 5. The number of carbonyl (C=O) groups excluding carboxylic acids is 1. The van der Waals surface area contributed by atoms with Gasteiger partial charge in [-0.25, -0.2) is 4.79 Å². The number of halogens is 3. The molecule has 46 heavy (non-hydrogen) atoms. The Morgan fingerprint density at radius 3 is 1.80 bits per heavy atom. The van der Waals surface area contributed by atoms with Gasteiger partial charge in [-0.3, -0.25) is 9.78 Å². The number of alkyl halides is 3. The number of fused-ring (bicyclic) bond motifs is 1. The first-order valence-electron chi connectivity index (χ1n) is 14.4. The van der Waals surface area contributed by atoms with E-state index in [9.17, 15) is 27.9 Å². The Morgan fingerprint density at radius 1 is 0.739 bits per heavy atom. The van der Waals surface area contributed by atoms with Crippen molar-refractivity contribution in [3.05, 3.63) is 126 Å². The quantitative estimate of drug-likeness (QED) is 0.170. The fourth-order valence-corrected chi connectivity index (χ4v) is 4.68. The summed E-state index contributed by atoms with van der Waals surface area (Å²) in [5.74, 6) is 0.00201. The standard InChI is InChI=1S/C36H31F3N2O5/c1-35(2,3)25-7-14-29(15-8-25)46-30-13-6-23-20-31(40-21-24(23)19-30)33(42)41-32(34(43)44)18-22-4-11-27(12-5-22)45-28-16-9-26(10-17-28)36(37,38)39/h4-17,19-21,32H,18H2,1-3H3,(H,41,42)(H,43,44)/t32-/m0/s1. The highest BCUT2D eigenvalue weighted by Crippen LogP contribution is 2.32. The summed E-state index contributed by atoms with van der Waals surface area (Å²) in [6, 6.07) is 24.3. The Labute approximate surface area is 263 Å². The Bertz CT molecular complexity index is 1850. The number of ether oxygens (including phenoxy) is 2. The molecule has 5 rings (SSSR count). The molecule has 4 aromatic carbocycles. The lowest BCUT2D eigenvalue weighted by molar-refractivity contribution is -0.139. The molecule has 0 radical (unpaired) electrons. The zero-order valence-electron chi connectivity index (χ0n) is 25.3. The normalized spacial score (nSPS) is 12.4.